The number of rotatable bonds is 3. The summed E-state index contributed by atoms with van der Waals surface area (Å²) in [6.07, 6.45) is 6.02. The zero-order valence-corrected chi connectivity index (χ0v) is 11.3. The zero-order chi connectivity index (χ0) is 13.3. The Morgan fingerprint density at radius 1 is 1.44 bits per heavy atom. The van der Waals surface area contributed by atoms with Crippen molar-refractivity contribution < 1.29 is 4.79 Å². The molecule has 1 aromatic heterocycles. The van der Waals surface area contributed by atoms with Gasteiger partial charge in [-0.15, -0.1) is 0 Å². The summed E-state index contributed by atoms with van der Waals surface area (Å²) in [7, 11) is 0. The molecule has 0 radical (unpaired) electrons. The summed E-state index contributed by atoms with van der Waals surface area (Å²) < 4.78 is 1.23. The topological polar surface area (TPSA) is 71.9 Å². The van der Waals surface area contributed by atoms with Crippen LogP contribution in [0.5, 0.6) is 0 Å². The van der Waals surface area contributed by atoms with Crippen LogP contribution in [0, 0.1) is 0 Å². The molecule has 0 spiro atoms. The third-order valence-electron chi connectivity index (χ3n) is 3.44. The molecular weight excluding hydrogens is 252 g/mol. The Balaban J connectivity index is 2.57. The highest BCUT2D eigenvalue weighted by atomic mass is 32.2. The van der Waals surface area contributed by atoms with Crippen molar-refractivity contribution in [2.75, 3.05) is 6.26 Å². The highest BCUT2D eigenvalue weighted by Crippen LogP contribution is 2.35. The van der Waals surface area contributed by atoms with Crippen LogP contribution in [0.3, 0.4) is 0 Å². The largest absolute Gasteiger partial charge is 0.328 e. The molecule has 2 unspecified atom stereocenters. The molecule has 1 N–H and O–H groups in total. The van der Waals surface area contributed by atoms with E-state index >= 15 is 0 Å². The Kier molecular flexibility index (Phi) is 3.75. The molecule has 1 aromatic rings. The average molecular weight is 268 g/mol. The van der Waals surface area contributed by atoms with Crippen LogP contribution >= 0.6 is 11.8 Å². The predicted octanol–water partition coefficient (Wildman–Crippen LogP) is 1.20. The van der Waals surface area contributed by atoms with Crippen LogP contribution in [0.2, 0.25) is 0 Å². The molecule has 98 valence electrons. The lowest BCUT2D eigenvalue weighted by atomic mass is 10.2. The third kappa shape index (κ3) is 2.16. The Bertz CT molecular complexity index is 575. The van der Waals surface area contributed by atoms with Gasteiger partial charge in [0, 0.05) is 11.4 Å². The fraction of sp³-hybridized carbons (Fsp3) is 0.583. The monoisotopic (exact) mass is 268 g/mol. The lowest BCUT2D eigenvalue weighted by Crippen LogP contribution is -2.41. The number of aromatic amines is 1. The number of aromatic nitrogens is 2. The SMILES string of the molecule is CSC1CCCC1n1c(=O)[nH]cc(C(C)=O)c1=O. The summed E-state index contributed by atoms with van der Waals surface area (Å²) in [6, 6.07) is -0.101. The summed E-state index contributed by atoms with van der Waals surface area (Å²) >= 11 is 1.67. The van der Waals surface area contributed by atoms with E-state index < -0.39 is 11.2 Å². The second-order valence-corrected chi connectivity index (χ2v) is 5.59. The maximum atomic E-state index is 12.2. The van der Waals surface area contributed by atoms with Gasteiger partial charge in [0.25, 0.3) is 5.56 Å². The predicted molar refractivity (Wildman–Crippen MR) is 71.5 cm³/mol. The van der Waals surface area contributed by atoms with E-state index in [4.69, 9.17) is 0 Å². The maximum Gasteiger partial charge on any atom is 0.328 e. The number of Topliss-reactive ketones (excluding diaryl/α,β-unsaturated/α-hetero) is 1. The Labute approximate surface area is 109 Å². The smallest absolute Gasteiger partial charge is 0.313 e. The average Bonchev–Trinajstić information content (AvgIpc) is 2.76. The Hall–Kier alpha value is -1.30. The molecule has 1 heterocycles. The van der Waals surface area contributed by atoms with Gasteiger partial charge in [0.05, 0.1) is 11.6 Å². The zero-order valence-electron chi connectivity index (χ0n) is 10.4. The summed E-state index contributed by atoms with van der Waals surface area (Å²) in [6.45, 7) is 1.33. The number of carbonyl (C=O) groups is 1. The van der Waals surface area contributed by atoms with Gasteiger partial charge in [0.2, 0.25) is 0 Å². The van der Waals surface area contributed by atoms with Gasteiger partial charge in [-0.05, 0) is 26.0 Å². The molecule has 0 bridgehead atoms. The van der Waals surface area contributed by atoms with E-state index in [1.165, 1.54) is 17.7 Å². The minimum Gasteiger partial charge on any atom is -0.313 e. The van der Waals surface area contributed by atoms with E-state index in [2.05, 4.69) is 4.98 Å². The van der Waals surface area contributed by atoms with Crippen molar-refractivity contribution in [3.63, 3.8) is 0 Å². The highest BCUT2D eigenvalue weighted by molar-refractivity contribution is 7.99. The molecule has 0 saturated heterocycles. The van der Waals surface area contributed by atoms with Crippen molar-refractivity contribution in [3.05, 3.63) is 32.6 Å². The van der Waals surface area contributed by atoms with Gasteiger partial charge in [0.1, 0.15) is 0 Å². The van der Waals surface area contributed by atoms with Crippen LogP contribution < -0.4 is 11.2 Å². The van der Waals surface area contributed by atoms with E-state index in [0.717, 1.165) is 19.3 Å². The molecule has 2 atom stereocenters. The summed E-state index contributed by atoms with van der Waals surface area (Å²) in [4.78, 5) is 37.9. The Morgan fingerprint density at radius 3 is 2.78 bits per heavy atom. The van der Waals surface area contributed by atoms with E-state index in [9.17, 15) is 14.4 Å². The van der Waals surface area contributed by atoms with Crippen LogP contribution in [0.25, 0.3) is 0 Å². The minimum atomic E-state index is -0.461. The lowest BCUT2D eigenvalue weighted by molar-refractivity contribution is 0.101. The van der Waals surface area contributed by atoms with Crippen molar-refractivity contribution >= 4 is 17.5 Å². The molecule has 18 heavy (non-hydrogen) atoms. The maximum absolute atomic E-state index is 12.2. The first-order chi connectivity index (χ1) is 8.56. The van der Waals surface area contributed by atoms with Gasteiger partial charge in [-0.2, -0.15) is 11.8 Å². The highest BCUT2D eigenvalue weighted by Gasteiger charge is 2.30. The van der Waals surface area contributed by atoms with Crippen molar-refractivity contribution in [1.82, 2.24) is 9.55 Å². The first-order valence-corrected chi connectivity index (χ1v) is 7.23. The standard InChI is InChI=1S/C12H16N2O3S/c1-7(15)8-6-13-12(17)14(11(8)16)9-4-3-5-10(9)18-2/h6,9-10H,3-5H2,1-2H3,(H,13,17). The molecule has 6 heteroatoms. The van der Waals surface area contributed by atoms with Crippen LogP contribution in [-0.4, -0.2) is 26.8 Å². The second-order valence-electron chi connectivity index (χ2n) is 4.51. The van der Waals surface area contributed by atoms with Crippen LogP contribution in [0.1, 0.15) is 42.6 Å². The van der Waals surface area contributed by atoms with Crippen molar-refractivity contribution in [1.29, 1.82) is 0 Å². The van der Waals surface area contributed by atoms with E-state index in [1.807, 2.05) is 6.26 Å². The van der Waals surface area contributed by atoms with Gasteiger partial charge in [-0.1, -0.05) is 6.42 Å². The van der Waals surface area contributed by atoms with Crippen molar-refractivity contribution in [2.24, 2.45) is 0 Å². The van der Waals surface area contributed by atoms with Gasteiger partial charge in [-0.3, -0.25) is 14.2 Å². The second kappa shape index (κ2) is 5.14. The molecule has 1 saturated carbocycles. The number of nitrogens with one attached hydrogen (secondary N) is 1. The molecule has 0 aliphatic heterocycles. The quantitative estimate of drug-likeness (QED) is 0.836. The number of ketones is 1. The molecule has 0 amide bonds. The summed E-state index contributed by atoms with van der Waals surface area (Å²) in [5, 5.41) is 0.269. The van der Waals surface area contributed by atoms with E-state index in [1.54, 1.807) is 11.8 Å². The minimum absolute atomic E-state index is 0.0568. The van der Waals surface area contributed by atoms with Gasteiger partial charge >= 0.3 is 5.69 Å². The molecule has 5 nitrogen and oxygen atoms in total. The van der Waals surface area contributed by atoms with Crippen LogP contribution in [-0.2, 0) is 0 Å². The van der Waals surface area contributed by atoms with E-state index in [-0.39, 0.29) is 22.6 Å². The third-order valence-corrected chi connectivity index (χ3v) is 4.59. The number of hydrogen-bond acceptors (Lipinski definition) is 4. The molecule has 2 rings (SSSR count). The fourth-order valence-corrected chi connectivity index (χ4v) is 3.49. The number of carbonyl (C=O) groups excluding carboxylic acids is 1. The number of thioether (sulfide) groups is 1. The number of nitrogens with zero attached hydrogens (tertiary/aromatic N) is 1. The molecule has 1 aliphatic rings. The fourth-order valence-electron chi connectivity index (χ4n) is 2.52. The Morgan fingerprint density at radius 2 is 2.17 bits per heavy atom. The first kappa shape index (κ1) is 13.1. The van der Waals surface area contributed by atoms with Gasteiger partial charge < -0.3 is 4.98 Å². The number of hydrogen-bond donors (Lipinski definition) is 1. The number of H-pyrrole nitrogens is 1. The van der Waals surface area contributed by atoms with Crippen molar-refractivity contribution in [3.8, 4) is 0 Å². The normalized spacial score (nSPS) is 23.2. The first-order valence-electron chi connectivity index (χ1n) is 5.94. The molecule has 1 fully saturated rings. The molecular formula is C12H16N2O3S. The van der Waals surface area contributed by atoms with Gasteiger partial charge in [0.15, 0.2) is 5.78 Å². The van der Waals surface area contributed by atoms with Crippen molar-refractivity contribution in [2.45, 2.75) is 37.5 Å². The van der Waals surface area contributed by atoms with E-state index in [0.29, 0.717) is 0 Å². The lowest BCUT2D eigenvalue weighted by Gasteiger charge is -2.19. The summed E-state index contributed by atoms with van der Waals surface area (Å²) in [5.74, 6) is -0.316. The van der Waals surface area contributed by atoms with Crippen LogP contribution in [0.15, 0.2) is 15.8 Å². The molecule has 1 aliphatic carbocycles. The van der Waals surface area contributed by atoms with Crippen LogP contribution in [0.4, 0.5) is 0 Å². The molecule has 0 aromatic carbocycles. The van der Waals surface area contributed by atoms with Gasteiger partial charge in [-0.25, -0.2) is 4.79 Å². The summed E-state index contributed by atoms with van der Waals surface area (Å²) in [5.41, 5.74) is -0.825.